The molecule has 2 N–H and O–H groups in total. The van der Waals surface area contributed by atoms with Crippen molar-refractivity contribution in [3.63, 3.8) is 0 Å². The zero-order chi connectivity index (χ0) is 12.0. The number of carbonyl (C=O) groups excluding carboxylic acids is 1. The maximum absolute atomic E-state index is 12.0. The van der Waals surface area contributed by atoms with E-state index in [0.29, 0.717) is 12.5 Å². The highest BCUT2D eigenvalue weighted by Gasteiger charge is 2.28. The fraction of sp³-hybridized carbons (Fsp3) is 0.917. The largest absolute Gasteiger partial charge is 0.384 e. The third-order valence-corrected chi connectivity index (χ3v) is 3.26. The first-order valence-corrected chi connectivity index (χ1v) is 6.16. The lowest BCUT2D eigenvalue weighted by Gasteiger charge is -2.20. The standard InChI is InChI=1S/C12H24N2O2/c1-10(4-3-6-13)12(15)14-7-5-11(8-14)9-16-2/h10-11H,3-9,13H2,1-2H3. The highest BCUT2D eigenvalue weighted by molar-refractivity contribution is 5.78. The van der Waals surface area contributed by atoms with Gasteiger partial charge in [0.15, 0.2) is 0 Å². The summed E-state index contributed by atoms with van der Waals surface area (Å²) in [5.41, 5.74) is 5.45. The average Bonchev–Trinajstić information content (AvgIpc) is 2.74. The zero-order valence-electron chi connectivity index (χ0n) is 10.4. The predicted octanol–water partition coefficient (Wildman–Crippen LogP) is 0.856. The van der Waals surface area contributed by atoms with Gasteiger partial charge in [-0.15, -0.1) is 0 Å². The van der Waals surface area contributed by atoms with Crippen LogP contribution in [0.25, 0.3) is 0 Å². The molecule has 0 saturated carbocycles. The molecule has 0 aromatic heterocycles. The molecule has 1 heterocycles. The third-order valence-electron chi connectivity index (χ3n) is 3.26. The Labute approximate surface area is 98.1 Å². The van der Waals surface area contributed by atoms with Gasteiger partial charge in [0.1, 0.15) is 0 Å². The number of likely N-dealkylation sites (tertiary alicyclic amines) is 1. The normalized spacial score (nSPS) is 22.4. The van der Waals surface area contributed by atoms with E-state index in [1.807, 2.05) is 11.8 Å². The first-order chi connectivity index (χ1) is 7.69. The summed E-state index contributed by atoms with van der Waals surface area (Å²) >= 11 is 0. The third kappa shape index (κ3) is 3.76. The first-order valence-electron chi connectivity index (χ1n) is 6.16. The van der Waals surface area contributed by atoms with Crippen LogP contribution in [0.4, 0.5) is 0 Å². The fourth-order valence-corrected chi connectivity index (χ4v) is 2.26. The van der Waals surface area contributed by atoms with Crippen molar-refractivity contribution in [3.8, 4) is 0 Å². The summed E-state index contributed by atoms with van der Waals surface area (Å²) in [5.74, 6) is 0.924. The van der Waals surface area contributed by atoms with Crippen molar-refractivity contribution in [2.24, 2.45) is 17.6 Å². The van der Waals surface area contributed by atoms with Crippen LogP contribution in [0.3, 0.4) is 0 Å². The number of nitrogens with zero attached hydrogens (tertiary/aromatic N) is 1. The summed E-state index contributed by atoms with van der Waals surface area (Å²) in [6.07, 6.45) is 2.91. The molecule has 0 aliphatic carbocycles. The second-order valence-electron chi connectivity index (χ2n) is 4.73. The summed E-state index contributed by atoms with van der Waals surface area (Å²) in [6.45, 7) is 5.19. The smallest absolute Gasteiger partial charge is 0.225 e. The molecule has 1 rings (SSSR count). The summed E-state index contributed by atoms with van der Waals surface area (Å²) in [5, 5.41) is 0. The number of hydrogen-bond donors (Lipinski definition) is 1. The van der Waals surface area contributed by atoms with Crippen LogP contribution in [0, 0.1) is 11.8 Å². The van der Waals surface area contributed by atoms with Crippen LogP contribution in [0.5, 0.6) is 0 Å². The van der Waals surface area contributed by atoms with E-state index in [0.717, 1.165) is 39.0 Å². The second kappa shape index (κ2) is 6.86. The lowest BCUT2D eigenvalue weighted by Crippen LogP contribution is -2.33. The zero-order valence-corrected chi connectivity index (χ0v) is 10.4. The van der Waals surface area contributed by atoms with Crippen LogP contribution < -0.4 is 5.73 Å². The number of amides is 1. The van der Waals surface area contributed by atoms with Crippen LogP contribution in [-0.2, 0) is 9.53 Å². The van der Waals surface area contributed by atoms with Gasteiger partial charge in [0.2, 0.25) is 5.91 Å². The SMILES string of the molecule is COCC1CCN(C(=O)C(C)CCCN)C1. The molecule has 2 unspecified atom stereocenters. The Balaban J connectivity index is 2.32. The van der Waals surface area contributed by atoms with Gasteiger partial charge in [-0.25, -0.2) is 0 Å². The van der Waals surface area contributed by atoms with Gasteiger partial charge < -0.3 is 15.4 Å². The Kier molecular flexibility index (Phi) is 5.77. The molecule has 0 aromatic carbocycles. The van der Waals surface area contributed by atoms with Crippen molar-refractivity contribution in [3.05, 3.63) is 0 Å². The van der Waals surface area contributed by atoms with Crippen LogP contribution in [0.1, 0.15) is 26.2 Å². The Morgan fingerprint density at radius 1 is 1.62 bits per heavy atom. The maximum atomic E-state index is 12.0. The van der Waals surface area contributed by atoms with Gasteiger partial charge in [0.25, 0.3) is 0 Å². The monoisotopic (exact) mass is 228 g/mol. The molecule has 1 amide bonds. The number of ether oxygens (including phenoxy) is 1. The minimum atomic E-state index is 0.116. The van der Waals surface area contributed by atoms with Crippen molar-refractivity contribution in [1.29, 1.82) is 0 Å². The summed E-state index contributed by atoms with van der Waals surface area (Å²) in [7, 11) is 1.72. The second-order valence-corrected chi connectivity index (χ2v) is 4.73. The predicted molar refractivity (Wildman–Crippen MR) is 64.0 cm³/mol. The molecule has 2 atom stereocenters. The van der Waals surface area contributed by atoms with E-state index in [1.165, 1.54) is 0 Å². The van der Waals surface area contributed by atoms with Crippen LogP contribution >= 0.6 is 0 Å². The summed E-state index contributed by atoms with van der Waals surface area (Å²) in [4.78, 5) is 14.0. The molecule has 0 bridgehead atoms. The number of hydrogen-bond acceptors (Lipinski definition) is 3. The van der Waals surface area contributed by atoms with E-state index in [4.69, 9.17) is 10.5 Å². The number of carbonyl (C=O) groups is 1. The topological polar surface area (TPSA) is 55.6 Å². The molecular formula is C12H24N2O2. The first kappa shape index (κ1) is 13.5. The van der Waals surface area contributed by atoms with Crippen molar-refractivity contribution in [2.45, 2.75) is 26.2 Å². The van der Waals surface area contributed by atoms with E-state index in [-0.39, 0.29) is 11.8 Å². The molecule has 0 aromatic rings. The number of rotatable bonds is 6. The highest BCUT2D eigenvalue weighted by atomic mass is 16.5. The van der Waals surface area contributed by atoms with Crippen LogP contribution in [0.2, 0.25) is 0 Å². The molecule has 4 heteroatoms. The fourth-order valence-electron chi connectivity index (χ4n) is 2.26. The molecular weight excluding hydrogens is 204 g/mol. The van der Waals surface area contributed by atoms with Crippen molar-refractivity contribution in [1.82, 2.24) is 4.90 Å². The molecule has 1 aliphatic heterocycles. The van der Waals surface area contributed by atoms with Gasteiger partial charge in [-0.1, -0.05) is 6.92 Å². The van der Waals surface area contributed by atoms with E-state index >= 15 is 0 Å². The van der Waals surface area contributed by atoms with E-state index < -0.39 is 0 Å². The molecule has 0 radical (unpaired) electrons. The maximum Gasteiger partial charge on any atom is 0.225 e. The highest BCUT2D eigenvalue weighted by Crippen LogP contribution is 2.20. The van der Waals surface area contributed by atoms with Crippen molar-refractivity contribution in [2.75, 3.05) is 33.4 Å². The molecule has 1 fully saturated rings. The van der Waals surface area contributed by atoms with Gasteiger partial charge in [0.05, 0.1) is 6.61 Å². The minimum absolute atomic E-state index is 0.116. The van der Waals surface area contributed by atoms with Gasteiger partial charge in [-0.2, -0.15) is 0 Å². The van der Waals surface area contributed by atoms with Crippen molar-refractivity contribution >= 4 is 5.91 Å². The Hall–Kier alpha value is -0.610. The Morgan fingerprint density at radius 3 is 3.00 bits per heavy atom. The molecule has 1 aliphatic rings. The van der Waals surface area contributed by atoms with Gasteiger partial charge in [-0.3, -0.25) is 4.79 Å². The van der Waals surface area contributed by atoms with Crippen LogP contribution in [-0.4, -0.2) is 44.2 Å². The van der Waals surface area contributed by atoms with E-state index in [2.05, 4.69) is 0 Å². The van der Waals surface area contributed by atoms with Gasteiger partial charge >= 0.3 is 0 Å². The average molecular weight is 228 g/mol. The quantitative estimate of drug-likeness (QED) is 0.733. The lowest BCUT2D eigenvalue weighted by atomic mass is 10.0. The van der Waals surface area contributed by atoms with Crippen molar-refractivity contribution < 1.29 is 9.53 Å². The number of methoxy groups -OCH3 is 1. The summed E-state index contributed by atoms with van der Waals surface area (Å²) in [6, 6.07) is 0. The minimum Gasteiger partial charge on any atom is -0.384 e. The Morgan fingerprint density at radius 2 is 2.38 bits per heavy atom. The molecule has 4 nitrogen and oxygen atoms in total. The van der Waals surface area contributed by atoms with Gasteiger partial charge in [-0.05, 0) is 25.8 Å². The number of nitrogens with two attached hydrogens (primary N) is 1. The van der Waals surface area contributed by atoms with Gasteiger partial charge in [0, 0.05) is 32.0 Å². The molecule has 94 valence electrons. The summed E-state index contributed by atoms with van der Waals surface area (Å²) < 4.78 is 5.12. The molecule has 16 heavy (non-hydrogen) atoms. The Bertz CT molecular complexity index is 221. The lowest BCUT2D eigenvalue weighted by molar-refractivity contribution is -0.134. The van der Waals surface area contributed by atoms with Crippen LogP contribution in [0.15, 0.2) is 0 Å². The molecule has 1 saturated heterocycles. The molecule has 0 spiro atoms. The van der Waals surface area contributed by atoms with E-state index in [9.17, 15) is 4.79 Å². The van der Waals surface area contributed by atoms with E-state index in [1.54, 1.807) is 7.11 Å².